The fourth-order valence-corrected chi connectivity index (χ4v) is 6.07. The topological polar surface area (TPSA) is 4.93 Å². The number of aromatic nitrogens is 1. The first-order chi connectivity index (χ1) is 14.9. The zero-order chi connectivity index (χ0) is 19.7. The molecule has 2 heteroatoms. The Kier molecular flexibility index (Phi) is 3.27. The molecular formula is C28H17NS. The van der Waals surface area contributed by atoms with Crippen molar-refractivity contribution in [3.8, 4) is 16.8 Å². The number of hydrogen-bond acceptors (Lipinski definition) is 1. The summed E-state index contributed by atoms with van der Waals surface area (Å²) in [7, 11) is 0. The number of fused-ring (bicyclic) bond motifs is 5. The van der Waals surface area contributed by atoms with Crippen molar-refractivity contribution in [3.05, 3.63) is 103 Å². The Morgan fingerprint density at radius 2 is 1.10 bits per heavy atom. The van der Waals surface area contributed by atoms with E-state index in [1.807, 2.05) is 11.8 Å². The van der Waals surface area contributed by atoms with Crippen LogP contribution in [0.25, 0.3) is 49.4 Å². The molecule has 0 saturated carbocycles. The average molecular weight is 400 g/mol. The van der Waals surface area contributed by atoms with Crippen LogP contribution < -0.4 is 0 Å². The van der Waals surface area contributed by atoms with Crippen molar-refractivity contribution in [1.29, 1.82) is 0 Å². The summed E-state index contributed by atoms with van der Waals surface area (Å²) in [6.07, 6.45) is 0. The zero-order valence-electron chi connectivity index (χ0n) is 16.2. The van der Waals surface area contributed by atoms with Gasteiger partial charge >= 0.3 is 0 Å². The molecule has 7 rings (SSSR count). The normalized spacial score (nSPS) is 12.5. The highest BCUT2D eigenvalue weighted by Gasteiger charge is 2.21. The van der Waals surface area contributed by atoms with E-state index in [4.69, 9.17) is 0 Å². The van der Waals surface area contributed by atoms with Gasteiger partial charge in [-0.3, -0.25) is 0 Å². The van der Waals surface area contributed by atoms with E-state index in [1.165, 1.54) is 59.2 Å². The number of para-hydroxylation sites is 2. The summed E-state index contributed by atoms with van der Waals surface area (Å²) in [5.41, 5.74) is 6.42. The Hall–Kier alpha value is -3.49. The van der Waals surface area contributed by atoms with E-state index >= 15 is 0 Å². The van der Waals surface area contributed by atoms with Crippen LogP contribution in [0.2, 0.25) is 0 Å². The largest absolute Gasteiger partial charge is 0.309 e. The third kappa shape index (κ3) is 2.09. The minimum atomic E-state index is 1.24. The highest BCUT2D eigenvalue weighted by atomic mass is 32.2. The lowest BCUT2D eigenvalue weighted by molar-refractivity contribution is 1.19. The number of hydrogen-bond donors (Lipinski definition) is 0. The summed E-state index contributed by atoms with van der Waals surface area (Å²) in [6.45, 7) is 0. The molecule has 1 nitrogen and oxygen atoms in total. The Bertz CT molecular complexity index is 1570. The summed E-state index contributed by atoms with van der Waals surface area (Å²) in [5.74, 6) is 0. The molecular weight excluding hydrogens is 382 g/mol. The molecule has 6 aromatic rings. The molecule has 0 spiro atoms. The van der Waals surface area contributed by atoms with Gasteiger partial charge in [0.25, 0.3) is 0 Å². The van der Waals surface area contributed by atoms with Gasteiger partial charge in [-0.25, -0.2) is 0 Å². The quantitative estimate of drug-likeness (QED) is 0.270. The average Bonchev–Trinajstić information content (AvgIpc) is 3.14. The van der Waals surface area contributed by atoms with Crippen LogP contribution in [-0.2, 0) is 0 Å². The third-order valence-corrected chi connectivity index (χ3v) is 7.33. The number of nitrogens with zero attached hydrogens (tertiary/aromatic N) is 1. The molecule has 5 aromatic carbocycles. The molecule has 0 unspecified atom stereocenters. The molecule has 0 amide bonds. The van der Waals surface area contributed by atoms with E-state index in [9.17, 15) is 0 Å². The first-order valence-electron chi connectivity index (χ1n) is 10.2. The SMILES string of the molecule is c1ccc2c(c1)Sc1ccc(-n3c4ccccc4c4ccccc43)c3cccc-2c13. The minimum Gasteiger partial charge on any atom is -0.309 e. The molecule has 0 radical (unpaired) electrons. The third-order valence-electron chi connectivity index (χ3n) is 6.20. The molecule has 0 bridgehead atoms. The van der Waals surface area contributed by atoms with Gasteiger partial charge in [0.1, 0.15) is 0 Å². The Balaban J connectivity index is 1.64. The lowest BCUT2D eigenvalue weighted by Crippen LogP contribution is -1.99. The summed E-state index contributed by atoms with van der Waals surface area (Å²) in [6, 6.07) is 37.5. The molecule has 2 heterocycles. The van der Waals surface area contributed by atoms with Gasteiger partial charge in [-0.1, -0.05) is 84.6 Å². The summed E-state index contributed by atoms with van der Waals surface area (Å²) >= 11 is 1.88. The van der Waals surface area contributed by atoms with E-state index in [2.05, 4.69) is 108 Å². The maximum absolute atomic E-state index is 2.43. The van der Waals surface area contributed by atoms with Gasteiger partial charge in [-0.2, -0.15) is 0 Å². The number of benzene rings is 5. The highest BCUT2D eigenvalue weighted by molar-refractivity contribution is 7.99. The van der Waals surface area contributed by atoms with Crippen LogP contribution in [0.5, 0.6) is 0 Å². The Morgan fingerprint density at radius 3 is 1.90 bits per heavy atom. The molecule has 1 aliphatic heterocycles. The van der Waals surface area contributed by atoms with Crippen molar-refractivity contribution in [1.82, 2.24) is 4.57 Å². The van der Waals surface area contributed by atoms with Gasteiger partial charge in [-0.05, 0) is 41.5 Å². The van der Waals surface area contributed by atoms with Gasteiger partial charge in [0.15, 0.2) is 0 Å². The molecule has 0 saturated heterocycles. The van der Waals surface area contributed by atoms with Gasteiger partial charge in [-0.15, -0.1) is 0 Å². The second-order valence-corrected chi connectivity index (χ2v) is 8.86. The van der Waals surface area contributed by atoms with Crippen LogP contribution in [0.3, 0.4) is 0 Å². The van der Waals surface area contributed by atoms with Crippen LogP contribution in [0.1, 0.15) is 0 Å². The summed E-state index contributed by atoms with van der Waals surface area (Å²) in [4.78, 5) is 2.67. The van der Waals surface area contributed by atoms with Gasteiger partial charge in [0.05, 0.1) is 16.7 Å². The van der Waals surface area contributed by atoms with Crippen molar-refractivity contribution in [3.63, 3.8) is 0 Å². The van der Waals surface area contributed by atoms with E-state index in [0.717, 1.165) is 0 Å². The smallest absolute Gasteiger partial charge is 0.0541 e. The van der Waals surface area contributed by atoms with Crippen LogP contribution >= 0.6 is 11.8 Å². The first-order valence-corrected chi connectivity index (χ1v) is 11.0. The fraction of sp³-hybridized carbons (Fsp3) is 0. The second-order valence-electron chi connectivity index (χ2n) is 7.78. The zero-order valence-corrected chi connectivity index (χ0v) is 17.0. The monoisotopic (exact) mass is 399 g/mol. The Morgan fingerprint density at radius 1 is 0.467 bits per heavy atom. The fourth-order valence-electron chi connectivity index (χ4n) is 4.94. The molecule has 0 fully saturated rings. The van der Waals surface area contributed by atoms with Crippen LogP contribution in [0.15, 0.2) is 113 Å². The number of rotatable bonds is 1. The Labute approximate surface area is 178 Å². The molecule has 0 N–H and O–H groups in total. The predicted molar refractivity (Wildman–Crippen MR) is 128 cm³/mol. The molecule has 30 heavy (non-hydrogen) atoms. The molecule has 140 valence electrons. The van der Waals surface area contributed by atoms with E-state index in [-0.39, 0.29) is 0 Å². The lowest BCUT2D eigenvalue weighted by atomic mass is 9.96. The van der Waals surface area contributed by atoms with Crippen LogP contribution in [0, 0.1) is 0 Å². The molecule has 0 aliphatic carbocycles. The first kappa shape index (κ1) is 16.3. The predicted octanol–water partition coefficient (Wildman–Crippen LogP) is 8.07. The second kappa shape index (κ2) is 6.01. The molecule has 1 aromatic heterocycles. The van der Waals surface area contributed by atoms with Crippen molar-refractivity contribution in [2.75, 3.05) is 0 Å². The van der Waals surface area contributed by atoms with Gasteiger partial charge in [0, 0.05) is 31.3 Å². The highest BCUT2D eigenvalue weighted by Crippen LogP contribution is 2.49. The van der Waals surface area contributed by atoms with E-state index < -0.39 is 0 Å². The van der Waals surface area contributed by atoms with Crippen molar-refractivity contribution in [2.24, 2.45) is 0 Å². The standard InChI is InChI=1S/C28H17NS/c1-4-13-23-18(8-1)19-9-2-5-14-24(19)29(23)25-16-17-27-28-21(11-7-12-22(25)28)20-10-3-6-15-26(20)30-27/h1-17H. The van der Waals surface area contributed by atoms with E-state index in [0.29, 0.717) is 0 Å². The van der Waals surface area contributed by atoms with Gasteiger partial charge in [0.2, 0.25) is 0 Å². The van der Waals surface area contributed by atoms with Crippen LogP contribution in [-0.4, -0.2) is 4.57 Å². The molecule has 0 atom stereocenters. The van der Waals surface area contributed by atoms with Gasteiger partial charge < -0.3 is 4.57 Å². The van der Waals surface area contributed by atoms with Crippen molar-refractivity contribution >= 4 is 44.3 Å². The summed E-state index contributed by atoms with van der Waals surface area (Å²) in [5, 5.41) is 5.26. The van der Waals surface area contributed by atoms with Crippen molar-refractivity contribution in [2.45, 2.75) is 9.79 Å². The summed E-state index contributed by atoms with van der Waals surface area (Å²) < 4.78 is 2.43. The molecule has 1 aliphatic rings. The minimum absolute atomic E-state index is 1.24. The van der Waals surface area contributed by atoms with Crippen LogP contribution in [0.4, 0.5) is 0 Å². The van der Waals surface area contributed by atoms with E-state index in [1.54, 1.807) is 0 Å². The maximum Gasteiger partial charge on any atom is 0.0541 e. The maximum atomic E-state index is 2.43. The lowest BCUT2D eigenvalue weighted by Gasteiger charge is -2.22. The van der Waals surface area contributed by atoms with Crippen molar-refractivity contribution < 1.29 is 0 Å².